The Hall–Kier alpha value is -1.00. The molecule has 0 saturated carbocycles. The molecule has 1 aliphatic rings. The number of nitrogens with zero attached hydrogens (tertiary/aromatic N) is 2. The van der Waals surface area contributed by atoms with Gasteiger partial charge in [-0.3, -0.25) is 0 Å². The summed E-state index contributed by atoms with van der Waals surface area (Å²) in [4.78, 5) is 9.52. The van der Waals surface area contributed by atoms with Crippen LogP contribution >= 0.6 is 0 Å². The molecule has 1 heterocycles. The molecule has 1 N–H and O–H groups in total. The molecule has 1 aliphatic carbocycles. The highest BCUT2D eigenvalue weighted by Crippen LogP contribution is 2.26. The van der Waals surface area contributed by atoms with E-state index in [2.05, 4.69) is 19.2 Å². The Morgan fingerprint density at radius 1 is 1.33 bits per heavy atom. The number of hydrogen-bond acceptors (Lipinski definition) is 4. The second-order valence-corrected chi connectivity index (χ2v) is 6.06. The van der Waals surface area contributed by atoms with Crippen molar-refractivity contribution in [1.82, 2.24) is 15.3 Å². The minimum absolute atomic E-state index is 0.707. The van der Waals surface area contributed by atoms with Crippen LogP contribution in [0.3, 0.4) is 0 Å². The molecule has 0 spiro atoms. The maximum Gasteiger partial charge on any atom is 0.128 e. The van der Waals surface area contributed by atoms with Crippen LogP contribution in [0.4, 0.5) is 0 Å². The van der Waals surface area contributed by atoms with Gasteiger partial charge in [-0.1, -0.05) is 13.3 Å². The van der Waals surface area contributed by atoms with Gasteiger partial charge in [-0.2, -0.15) is 0 Å². The lowest BCUT2D eigenvalue weighted by Crippen LogP contribution is -2.30. The number of nitrogens with one attached hydrogen (secondary N) is 1. The first-order valence-electron chi connectivity index (χ1n) is 8.29. The quantitative estimate of drug-likeness (QED) is 0.748. The molecule has 1 unspecified atom stereocenters. The molecular weight excluding hydrogens is 262 g/mol. The molecule has 4 nitrogen and oxygen atoms in total. The zero-order chi connectivity index (χ0) is 15.1. The zero-order valence-corrected chi connectivity index (χ0v) is 13.7. The van der Waals surface area contributed by atoms with Crippen LogP contribution in [0.25, 0.3) is 0 Å². The molecule has 0 bridgehead atoms. The number of hydrogen-bond donors (Lipinski definition) is 1. The Bertz CT molecular complexity index is 448. The average molecular weight is 291 g/mol. The molecule has 1 atom stereocenters. The highest BCUT2D eigenvalue weighted by Gasteiger charge is 2.22. The van der Waals surface area contributed by atoms with Gasteiger partial charge in [0, 0.05) is 31.5 Å². The van der Waals surface area contributed by atoms with Crippen molar-refractivity contribution >= 4 is 0 Å². The summed E-state index contributed by atoms with van der Waals surface area (Å²) in [6.07, 6.45) is 6.87. The fourth-order valence-electron chi connectivity index (χ4n) is 3.02. The van der Waals surface area contributed by atoms with E-state index in [1.54, 1.807) is 7.11 Å². The number of ether oxygens (including phenoxy) is 1. The first-order chi connectivity index (χ1) is 10.2. The number of rotatable bonds is 8. The van der Waals surface area contributed by atoms with Gasteiger partial charge < -0.3 is 10.1 Å². The molecule has 21 heavy (non-hydrogen) atoms. The van der Waals surface area contributed by atoms with Crippen LogP contribution in [-0.2, 0) is 24.0 Å². The Kier molecular flexibility index (Phi) is 6.58. The molecular formula is C17H29N3O. The second-order valence-electron chi connectivity index (χ2n) is 6.06. The number of aryl methyl sites for hydroxylation is 3. The normalized spacial score (nSPS) is 17.8. The molecule has 0 aliphatic heterocycles. The van der Waals surface area contributed by atoms with Gasteiger partial charge in [0.05, 0.1) is 6.61 Å². The number of unbranched alkanes of at least 4 members (excludes halogenated alkanes) is 1. The largest absolute Gasteiger partial charge is 0.383 e. The predicted octanol–water partition coefficient (Wildman–Crippen LogP) is 2.47. The van der Waals surface area contributed by atoms with E-state index in [4.69, 9.17) is 14.7 Å². The van der Waals surface area contributed by atoms with Gasteiger partial charge in [-0.05, 0) is 50.6 Å². The van der Waals surface area contributed by atoms with Crippen LogP contribution < -0.4 is 5.32 Å². The molecule has 1 aromatic heterocycles. The van der Waals surface area contributed by atoms with Gasteiger partial charge in [0.15, 0.2) is 0 Å². The molecule has 0 saturated heterocycles. The Labute approximate surface area is 128 Å². The van der Waals surface area contributed by atoms with Gasteiger partial charge in [0.1, 0.15) is 5.82 Å². The molecule has 4 heteroatoms. The summed E-state index contributed by atoms with van der Waals surface area (Å²) in [5, 5.41) is 3.48. The van der Waals surface area contributed by atoms with Crippen LogP contribution in [0, 0.1) is 12.8 Å². The lowest BCUT2D eigenvalue weighted by molar-refractivity contribution is 0.197. The summed E-state index contributed by atoms with van der Waals surface area (Å²) >= 11 is 0. The van der Waals surface area contributed by atoms with E-state index in [0.29, 0.717) is 5.92 Å². The fraction of sp³-hybridized carbons (Fsp3) is 0.765. The van der Waals surface area contributed by atoms with E-state index in [-0.39, 0.29) is 0 Å². The number of methoxy groups -OCH3 is 1. The van der Waals surface area contributed by atoms with Crippen LogP contribution in [0.5, 0.6) is 0 Å². The second kappa shape index (κ2) is 8.44. The molecule has 1 aromatic rings. The summed E-state index contributed by atoms with van der Waals surface area (Å²) in [5.41, 5.74) is 3.91. The maximum absolute atomic E-state index is 5.07. The fourth-order valence-corrected chi connectivity index (χ4v) is 3.02. The molecule has 0 aromatic carbocycles. The summed E-state index contributed by atoms with van der Waals surface area (Å²) in [6, 6.07) is 0. The summed E-state index contributed by atoms with van der Waals surface area (Å²) in [5.74, 6) is 1.75. The monoisotopic (exact) mass is 291 g/mol. The first-order valence-corrected chi connectivity index (χ1v) is 8.29. The SMILES string of the molecule is CCCCc1nc(C)c2c(n1)CCC(CNCCOC)C2. The highest BCUT2D eigenvalue weighted by atomic mass is 16.5. The molecule has 0 amide bonds. The standard InChI is InChI=1S/C17H29N3O/c1-4-5-6-17-19-13(2)15-11-14(7-8-16(15)20-17)12-18-9-10-21-3/h14,18H,4-12H2,1-3H3. The topological polar surface area (TPSA) is 47.0 Å². The van der Waals surface area contributed by atoms with Crippen LogP contribution in [-0.4, -0.2) is 36.8 Å². The van der Waals surface area contributed by atoms with Gasteiger partial charge in [-0.25, -0.2) is 9.97 Å². The Balaban J connectivity index is 1.94. The molecule has 118 valence electrons. The highest BCUT2D eigenvalue weighted by molar-refractivity contribution is 5.28. The van der Waals surface area contributed by atoms with Gasteiger partial charge in [0.2, 0.25) is 0 Å². The van der Waals surface area contributed by atoms with Crippen molar-refractivity contribution in [2.24, 2.45) is 5.92 Å². The minimum atomic E-state index is 0.707. The minimum Gasteiger partial charge on any atom is -0.383 e. The van der Waals surface area contributed by atoms with Crippen LogP contribution in [0.2, 0.25) is 0 Å². The maximum atomic E-state index is 5.07. The summed E-state index contributed by atoms with van der Waals surface area (Å²) in [6.45, 7) is 7.15. The summed E-state index contributed by atoms with van der Waals surface area (Å²) < 4.78 is 5.07. The van der Waals surface area contributed by atoms with Crippen LogP contribution in [0.1, 0.15) is 49.0 Å². The van der Waals surface area contributed by atoms with Crippen molar-refractivity contribution in [2.75, 3.05) is 26.8 Å². The third kappa shape index (κ3) is 4.75. The van der Waals surface area contributed by atoms with E-state index < -0.39 is 0 Å². The van der Waals surface area contributed by atoms with E-state index in [1.165, 1.54) is 36.2 Å². The number of aromatic nitrogens is 2. The smallest absolute Gasteiger partial charge is 0.128 e. The molecule has 2 rings (SSSR count). The van der Waals surface area contributed by atoms with E-state index in [1.807, 2.05) is 0 Å². The van der Waals surface area contributed by atoms with Crippen molar-refractivity contribution in [2.45, 2.75) is 52.4 Å². The zero-order valence-electron chi connectivity index (χ0n) is 13.7. The first kappa shape index (κ1) is 16.4. The third-order valence-corrected chi connectivity index (χ3v) is 4.30. The van der Waals surface area contributed by atoms with Gasteiger partial charge >= 0.3 is 0 Å². The Morgan fingerprint density at radius 2 is 2.19 bits per heavy atom. The van der Waals surface area contributed by atoms with Crippen molar-refractivity contribution in [1.29, 1.82) is 0 Å². The van der Waals surface area contributed by atoms with Gasteiger partial charge in [-0.15, -0.1) is 0 Å². The van der Waals surface area contributed by atoms with Crippen LogP contribution in [0.15, 0.2) is 0 Å². The Morgan fingerprint density at radius 3 is 2.95 bits per heavy atom. The van der Waals surface area contributed by atoms with E-state index in [9.17, 15) is 0 Å². The lowest BCUT2D eigenvalue weighted by Gasteiger charge is -2.25. The van der Waals surface area contributed by atoms with Gasteiger partial charge in [0.25, 0.3) is 0 Å². The number of fused-ring (bicyclic) bond motifs is 1. The molecule has 0 radical (unpaired) electrons. The van der Waals surface area contributed by atoms with E-state index >= 15 is 0 Å². The summed E-state index contributed by atoms with van der Waals surface area (Å²) in [7, 11) is 1.75. The van der Waals surface area contributed by atoms with Crippen molar-refractivity contribution < 1.29 is 4.74 Å². The van der Waals surface area contributed by atoms with Crippen molar-refractivity contribution in [3.63, 3.8) is 0 Å². The third-order valence-electron chi connectivity index (χ3n) is 4.30. The molecule has 0 fully saturated rings. The average Bonchev–Trinajstić information content (AvgIpc) is 2.50. The van der Waals surface area contributed by atoms with Crippen molar-refractivity contribution in [3.05, 3.63) is 22.8 Å². The predicted molar refractivity (Wildman–Crippen MR) is 85.6 cm³/mol. The van der Waals surface area contributed by atoms with E-state index in [0.717, 1.165) is 44.8 Å². The lowest BCUT2D eigenvalue weighted by atomic mass is 9.85. The van der Waals surface area contributed by atoms with Crippen molar-refractivity contribution in [3.8, 4) is 0 Å².